The second-order valence-corrected chi connectivity index (χ2v) is 6.54. The minimum Gasteiger partial charge on any atom is -0.281 e. The van der Waals surface area contributed by atoms with Crippen molar-refractivity contribution in [3.8, 4) is 0 Å². The van der Waals surface area contributed by atoms with Gasteiger partial charge in [0.1, 0.15) is 0 Å². The van der Waals surface area contributed by atoms with E-state index < -0.39 is 5.91 Å². The third kappa shape index (κ3) is 3.87. The average Bonchev–Trinajstić information content (AvgIpc) is 2.93. The summed E-state index contributed by atoms with van der Waals surface area (Å²) in [5.74, 6) is -0.402. The van der Waals surface area contributed by atoms with E-state index in [1.54, 1.807) is 24.3 Å². The molecule has 0 unspecified atom stereocenters. The molecule has 1 aromatic heterocycles. The van der Waals surface area contributed by atoms with Crippen LogP contribution < -0.4 is 5.43 Å². The van der Waals surface area contributed by atoms with Gasteiger partial charge >= 0.3 is 0 Å². The molecule has 0 radical (unpaired) electrons. The lowest BCUT2D eigenvalue weighted by atomic mass is 9.92. The Bertz CT molecular complexity index is 717. The molecule has 1 aromatic carbocycles. The van der Waals surface area contributed by atoms with E-state index in [0.29, 0.717) is 15.6 Å². The van der Waals surface area contributed by atoms with Crippen LogP contribution in [0.5, 0.6) is 0 Å². The zero-order valence-electron chi connectivity index (χ0n) is 12.4. The lowest BCUT2D eigenvalue weighted by Crippen LogP contribution is -2.18. The Morgan fingerprint density at radius 2 is 2.09 bits per heavy atom. The number of carbonyl (C=O) groups is 1. The van der Waals surface area contributed by atoms with Crippen molar-refractivity contribution < 1.29 is 4.79 Å². The number of rotatable bonds is 3. The zero-order chi connectivity index (χ0) is 16.3. The summed E-state index contributed by atoms with van der Waals surface area (Å²) >= 11 is 11.9. The fourth-order valence-electron chi connectivity index (χ4n) is 1.66. The summed E-state index contributed by atoms with van der Waals surface area (Å²) in [5, 5.41) is 11.5. The number of hydrazone groups is 1. The number of aromatic amines is 1. The molecule has 0 spiro atoms. The Kier molecular flexibility index (Phi) is 4.88. The Labute approximate surface area is 138 Å². The lowest BCUT2D eigenvalue weighted by molar-refractivity contribution is 0.0950. The van der Waals surface area contributed by atoms with Gasteiger partial charge in [-0.15, -0.1) is 0 Å². The number of hydrogen-bond donors (Lipinski definition) is 2. The Morgan fingerprint density at radius 1 is 1.36 bits per heavy atom. The van der Waals surface area contributed by atoms with Gasteiger partial charge in [0.25, 0.3) is 5.91 Å². The molecule has 2 aromatic rings. The molecule has 1 heterocycles. The van der Waals surface area contributed by atoms with Gasteiger partial charge in [0.15, 0.2) is 5.69 Å². The molecule has 0 fully saturated rings. The van der Waals surface area contributed by atoms with Crippen molar-refractivity contribution in [3.63, 3.8) is 0 Å². The van der Waals surface area contributed by atoms with Gasteiger partial charge in [-0.3, -0.25) is 9.89 Å². The van der Waals surface area contributed by atoms with E-state index in [4.69, 9.17) is 23.2 Å². The molecular weight excluding hydrogens is 323 g/mol. The topological polar surface area (TPSA) is 70.1 Å². The molecule has 0 saturated carbocycles. The van der Waals surface area contributed by atoms with E-state index in [9.17, 15) is 4.79 Å². The normalized spacial score (nSPS) is 11.9. The van der Waals surface area contributed by atoms with E-state index in [-0.39, 0.29) is 11.1 Å². The number of amides is 1. The number of aromatic nitrogens is 2. The Balaban J connectivity index is 2.05. The second kappa shape index (κ2) is 6.50. The maximum Gasteiger partial charge on any atom is 0.291 e. The summed E-state index contributed by atoms with van der Waals surface area (Å²) in [7, 11) is 0. The quantitative estimate of drug-likeness (QED) is 0.660. The van der Waals surface area contributed by atoms with Crippen LogP contribution >= 0.6 is 23.2 Å². The Morgan fingerprint density at radius 3 is 2.73 bits per heavy atom. The fourth-order valence-corrected chi connectivity index (χ4v) is 2.02. The highest BCUT2D eigenvalue weighted by atomic mass is 35.5. The van der Waals surface area contributed by atoms with E-state index in [2.05, 4.69) is 20.7 Å². The molecule has 0 aliphatic rings. The summed E-state index contributed by atoms with van der Waals surface area (Å²) < 4.78 is 0. The smallest absolute Gasteiger partial charge is 0.281 e. The summed E-state index contributed by atoms with van der Waals surface area (Å²) in [6.45, 7) is 6.09. The van der Waals surface area contributed by atoms with E-state index in [0.717, 1.165) is 5.69 Å². The molecule has 7 heteroatoms. The van der Waals surface area contributed by atoms with Crippen molar-refractivity contribution in [1.29, 1.82) is 0 Å². The molecule has 0 aliphatic carbocycles. The molecule has 2 rings (SSSR count). The average molecular weight is 339 g/mol. The van der Waals surface area contributed by atoms with Gasteiger partial charge in [-0.2, -0.15) is 10.2 Å². The number of nitrogens with one attached hydrogen (secondary N) is 2. The standard InChI is InChI=1S/C15H16Cl2N4O/c1-15(2,3)12-7-11(19-20-12)14(22)21-18-8-9-5-4-6-10(16)13(9)17/h4-8H,1-3H3,(H,19,20)(H,21,22)/b18-8-. The first-order valence-corrected chi connectivity index (χ1v) is 7.38. The molecule has 22 heavy (non-hydrogen) atoms. The predicted octanol–water partition coefficient (Wildman–Crippen LogP) is 3.78. The third-order valence-electron chi connectivity index (χ3n) is 2.97. The van der Waals surface area contributed by atoms with Gasteiger partial charge in [-0.25, -0.2) is 5.43 Å². The molecule has 5 nitrogen and oxygen atoms in total. The zero-order valence-corrected chi connectivity index (χ0v) is 14.0. The monoisotopic (exact) mass is 338 g/mol. The van der Waals surface area contributed by atoms with E-state index >= 15 is 0 Å². The first kappa shape index (κ1) is 16.5. The minimum atomic E-state index is -0.402. The van der Waals surface area contributed by atoms with Crippen LogP contribution in [-0.4, -0.2) is 22.3 Å². The van der Waals surface area contributed by atoms with E-state index in [1.807, 2.05) is 20.8 Å². The first-order chi connectivity index (χ1) is 10.3. The number of halogens is 2. The van der Waals surface area contributed by atoms with Crippen molar-refractivity contribution in [2.24, 2.45) is 5.10 Å². The van der Waals surface area contributed by atoms with Crippen LogP contribution in [0.3, 0.4) is 0 Å². The van der Waals surface area contributed by atoms with Gasteiger partial charge in [-0.05, 0) is 12.1 Å². The second-order valence-electron chi connectivity index (χ2n) is 5.76. The first-order valence-electron chi connectivity index (χ1n) is 6.62. The summed E-state index contributed by atoms with van der Waals surface area (Å²) in [6.07, 6.45) is 1.43. The minimum absolute atomic E-state index is 0.108. The highest BCUT2D eigenvalue weighted by Gasteiger charge is 2.19. The van der Waals surface area contributed by atoms with Gasteiger partial charge < -0.3 is 0 Å². The molecule has 0 saturated heterocycles. The van der Waals surface area contributed by atoms with Crippen LogP contribution in [0.4, 0.5) is 0 Å². The van der Waals surface area contributed by atoms with Crippen LogP contribution in [0.2, 0.25) is 10.0 Å². The third-order valence-corrected chi connectivity index (χ3v) is 3.80. The maximum absolute atomic E-state index is 12.0. The van der Waals surface area contributed by atoms with Gasteiger partial charge in [0, 0.05) is 16.7 Å². The number of H-pyrrole nitrogens is 1. The predicted molar refractivity (Wildman–Crippen MR) is 88.8 cm³/mol. The van der Waals surface area contributed by atoms with Crippen LogP contribution in [0.1, 0.15) is 42.5 Å². The number of benzene rings is 1. The molecule has 0 aliphatic heterocycles. The number of nitrogens with zero attached hydrogens (tertiary/aromatic N) is 2. The van der Waals surface area contributed by atoms with Crippen molar-refractivity contribution in [1.82, 2.24) is 15.6 Å². The number of hydrogen-bond acceptors (Lipinski definition) is 3. The molecule has 116 valence electrons. The van der Waals surface area contributed by atoms with Crippen molar-refractivity contribution in [2.45, 2.75) is 26.2 Å². The lowest BCUT2D eigenvalue weighted by Gasteiger charge is -2.14. The fraction of sp³-hybridized carbons (Fsp3) is 0.267. The summed E-state index contributed by atoms with van der Waals surface area (Å²) in [4.78, 5) is 12.0. The van der Waals surface area contributed by atoms with Crippen molar-refractivity contribution >= 4 is 35.3 Å². The number of carbonyl (C=O) groups excluding carboxylic acids is 1. The van der Waals surface area contributed by atoms with Gasteiger partial charge in [-0.1, -0.05) is 56.1 Å². The van der Waals surface area contributed by atoms with Crippen molar-refractivity contribution in [2.75, 3.05) is 0 Å². The molecule has 2 N–H and O–H groups in total. The van der Waals surface area contributed by atoms with E-state index in [1.165, 1.54) is 6.21 Å². The highest BCUT2D eigenvalue weighted by molar-refractivity contribution is 6.43. The van der Waals surface area contributed by atoms with Crippen LogP contribution in [0.15, 0.2) is 29.4 Å². The van der Waals surface area contributed by atoms with Gasteiger partial charge in [0.05, 0.1) is 16.3 Å². The molecule has 0 bridgehead atoms. The van der Waals surface area contributed by atoms with Crippen molar-refractivity contribution in [3.05, 3.63) is 51.3 Å². The largest absolute Gasteiger partial charge is 0.291 e. The van der Waals surface area contributed by atoms with Crippen LogP contribution in [0, 0.1) is 0 Å². The van der Waals surface area contributed by atoms with Gasteiger partial charge in [0.2, 0.25) is 0 Å². The summed E-state index contributed by atoms with van der Waals surface area (Å²) in [5.41, 5.74) is 4.07. The molecule has 1 amide bonds. The van der Waals surface area contributed by atoms with Crippen LogP contribution in [0.25, 0.3) is 0 Å². The van der Waals surface area contributed by atoms with Crippen LogP contribution in [-0.2, 0) is 5.41 Å². The molecule has 0 atom stereocenters. The Hall–Kier alpha value is -1.85. The highest BCUT2D eigenvalue weighted by Crippen LogP contribution is 2.24. The molecular formula is C15H16Cl2N4O. The summed E-state index contributed by atoms with van der Waals surface area (Å²) in [6, 6.07) is 6.88. The maximum atomic E-state index is 12.0. The SMILES string of the molecule is CC(C)(C)c1cc(C(=O)N/N=C\c2cccc(Cl)c2Cl)n[nH]1.